The van der Waals surface area contributed by atoms with Crippen LogP contribution in [0.4, 0.5) is 5.69 Å². The van der Waals surface area contributed by atoms with Crippen LogP contribution >= 0.6 is 0 Å². The van der Waals surface area contributed by atoms with E-state index in [1.54, 1.807) is 23.4 Å². The summed E-state index contributed by atoms with van der Waals surface area (Å²) in [5.41, 5.74) is 2.28. The molecule has 1 aliphatic heterocycles. The van der Waals surface area contributed by atoms with Crippen LogP contribution in [-0.4, -0.2) is 34.4 Å². The van der Waals surface area contributed by atoms with Gasteiger partial charge in [-0.25, -0.2) is 4.98 Å². The molecule has 116 valence electrons. The Morgan fingerprint density at radius 2 is 2.26 bits per heavy atom. The second-order valence-corrected chi connectivity index (χ2v) is 5.62. The molecule has 0 spiro atoms. The van der Waals surface area contributed by atoms with E-state index in [1.807, 2.05) is 37.5 Å². The van der Waals surface area contributed by atoms with Gasteiger partial charge in [0.25, 0.3) is 0 Å². The van der Waals surface area contributed by atoms with Gasteiger partial charge >= 0.3 is 0 Å². The fourth-order valence-electron chi connectivity index (χ4n) is 3.00. The van der Waals surface area contributed by atoms with Gasteiger partial charge in [-0.2, -0.15) is 5.26 Å². The lowest BCUT2D eigenvalue weighted by Gasteiger charge is -2.25. The summed E-state index contributed by atoms with van der Waals surface area (Å²) in [4.78, 5) is 22.1. The van der Waals surface area contributed by atoms with Crippen LogP contribution in [0.15, 0.2) is 42.9 Å². The van der Waals surface area contributed by atoms with Crippen molar-refractivity contribution in [1.29, 1.82) is 5.26 Å². The van der Waals surface area contributed by atoms with Gasteiger partial charge in [-0.3, -0.25) is 9.78 Å². The molecule has 0 aromatic carbocycles. The van der Waals surface area contributed by atoms with E-state index in [9.17, 15) is 4.79 Å². The first-order chi connectivity index (χ1) is 11.2. The SMILES string of the molecule is CN1C(=O)C[C@@H](CNc2ccc(C#N)nc2)[C@@H]1c1cccnc1. The van der Waals surface area contributed by atoms with E-state index < -0.39 is 0 Å². The van der Waals surface area contributed by atoms with Gasteiger partial charge in [-0.05, 0) is 23.8 Å². The van der Waals surface area contributed by atoms with Gasteiger partial charge in [0.2, 0.25) is 5.91 Å². The van der Waals surface area contributed by atoms with Crippen molar-refractivity contribution in [3.05, 3.63) is 54.1 Å². The molecule has 0 aliphatic carbocycles. The summed E-state index contributed by atoms with van der Waals surface area (Å²) in [6.45, 7) is 0.656. The van der Waals surface area contributed by atoms with Crippen molar-refractivity contribution in [3.8, 4) is 6.07 Å². The Kier molecular flexibility index (Phi) is 4.20. The van der Waals surface area contributed by atoms with Crippen LogP contribution in [0.1, 0.15) is 23.7 Å². The monoisotopic (exact) mass is 307 g/mol. The maximum atomic E-state index is 12.1. The number of nitriles is 1. The van der Waals surface area contributed by atoms with E-state index in [0.717, 1.165) is 11.3 Å². The number of anilines is 1. The normalized spacial score (nSPS) is 20.3. The minimum absolute atomic E-state index is 0.0232. The molecular formula is C17H17N5O. The molecule has 1 fully saturated rings. The Hall–Kier alpha value is -2.94. The van der Waals surface area contributed by atoms with Crippen LogP contribution in [0.2, 0.25) is 0 Å². The molecule has 6 heteroatoms. The molecule has 2 aromatic heterocycles. The van der Waals surface area contributed by atoms with Crippen molar-refractivity contribution in [1.82, 2.24) is 14.9 Å². The van der Waals surface area contributed by atoms with Gasteiger partial charge in [-0.15, -0.1) is 0 Å². The predicted octanol–water partition coefficient (Wildman–Crippen LogP) is 1.98. The zero-order valence-corrected chi connectivity index (χ0v) is 12.8. The van der Waals surface area contributed by atoms with Gasteiger partial charge in [-0.1, -0.05) is 6.07 Å². The minimum Gasteiger partial charge on any atom is -0.383 e. The lowest BCUT2D eigenvalue weighted by molar-refractivity contribution is -0.127. The molecule has 3 rings (SSSR count). The Labute approximate surface area is 134 Å². The summed E-state index contributed by atoms with van der Waals surface area (Å²) in [6.07, 6.45) is 5.69. The topological polar surface area (TPSA) is 81.9 Å². The van der Waals surface area contributed by atoms with Gasteiger partial charge in [0.15, 0.2) is 0 Å². The quantitative estimate of drug-likeness (QED) is 0.934. The molecule has 0 saturated carbocycles. The van der Waals surface area contributed by atoms with Crippen LogP contribution in [-0.2, 0) is 4.79 Å². The van der Waals surface area contributed by atoms with Crippen LogP contribution in [0.25, 0.3) is 0 Å². The molecule has 1 amide bonds. The van der Waals surface area contributed by atoms with E-state index in [2.05, 4.69) is 15.3 Å². The Morgan fingerprint density at radius 3 is 2.91 bits per heavy atom. The fourth-order valence-corrected chi connectivity index (χ4v) is 3.00. The average Bonchev–Trinajstić information content (AvgIpc) is 2.88. The predicted molar refractivity (Wildman–Crippen MR) is 85.3 cm³/mol. The first-order valence-corrected chi connectivity index (χ1v) is 7.44. The molecule has 6 nitrogen and oxygen atoms in total. The highest BCUT2D eigenvalue weighted by molar-refractivity contribution is 5.79. The summed E-state index contributed by atoms with van der Waals surface area (Å²) in [5, 5.41) is 12.1. The van der Waals surface area contributed by atoms with E-state index in [0.29, 0.717) is 18.7 Å². The number of pyridine rings is 2. The molecular weight excluding hydrogens is 290 g/mol. The van der Waals surface area contributed by atoms with Gasteiger partial charge in [0.1, 0.15) is 11.8 Å². The molecule has 0 unspecified atom stereocenters. The van der Waals surface area contributed by atoms with Crippen molar-refractivity contribution in [2.24, 2.45) is 5.92 Å². The molecule has 2 atom stereocenters. The van der Waals surface area contributed by atoms with Gasteiger partial charge < -0.3 is 10.2 Å². The number of nitrogens with one attached hydrogen (secondary N) is 1. The zero-order valence-electron chi connectivity index (χ0n) is 12.8. The number of aromatic nitrogens is 2. The number of hydrogen-bond donors (Lipinski definition) is 1. The molecule has 1 saturated heterocycles. The van der Waals surface area contributed by atoms with Crippen molar-refractivity contribution >= 4 is 11.6 Å². The van der Waals surface area contributed by atoms with Crippen molar-refractivity contribution < 1.29 is 4.79 Å². The summed E-state index contributed by atoms with van der Waals surface area (Å²) in [6, 6.07) is 9.41. The maximum Gasteiger partial charge on any atom is 0.223 e. The largest absolute Gasteiger partial charge is 0.383 e. The number of hydrogen-bond acceptors (Lipinski definition) is 5. The molecule has 1 aliphatic rings. The third-order valence-corrected chi connectivity index (χ3v) is 4.17. The van der Waals surface area contributed by atoms with Gasteiger partial charge in [0, 0.05) is 38.3 Å². The summed E-state index contributed by atoms with van der Waals surface area (Å²) in [7, 11) is 1.84. The van der Waals surface area contributed by atoms with E-state index in [4.69, 9.17) is 5.26 Å². The minimum atomic E-state index is 0.0232. The highest BCUT2D eigenvalue weighted by Gasteiger charge is 2.38. The third kappa shape index (κ3) is 3.14. The van der Waals surface area contributed by atoms with Crippen molar-refractivity contribution in [3.63, 3.8) is 0 Å². The number of amides is 1. The van der Waals surface area contributed by atoms with E-state index >= 15 is 0 Å². The number of likely N-dealkylation sites (tertiary alicyclic amines) is 1. The highest BCUT2D eigenvalue weighted by atomic mass is 16.2. The van der Waals surface area contributed by atoms with Crippen LogP contribution in [0.3, 0.4) is 0 Å². The van der Waals surface area contributed by atoms with E-state index in [-0.39, 0.29) is 17.9 Å². The first kappa shape index (κ1) is 15.0. The molecule has 2 aromatic rings. The first-order valence-electron chi connectivity index (χ1n) is 7.44. The summed E-state index contributed by atoms with van der Waals surface area (Å²) >= 11 is 0. The molecule has 23 heavy (non-hydrogen) atoms. The van der Waals surface area contributed by atoms with Crippen molar-refractivity contribution in [2.45, 2.75) is 12.5 Å². The number of carbonyl (C=O) groups is 1. The lowest BCUT2D eigenvalue weighted by Crippen LogP contribution is -2.26. The van der Waals surface area contributed by atoms with Gasteiger partial charge in [0.05, 0.1) is 17.9 Å². The Bertz CT molecular complexity index is 723. The maximum absolute atomic E-state index is 12.1. The lowest BCUT2D eigenvalue weighted by atomic mass is 9.94. The molecule has 3 heterocycles. The molecule has 0 radical (unpaired) electrons. The average molecular weight is 307 g/mol. The Morgan fingerprint density at radius 1 is 1.39 bits per heavy atom. The van der Waals surface area contributed by atoms with Crippen LogP contribution in [0.5, 0.6) is 0 Å². The molecule has 1 N–H and O–H groups in total. The fraction of sp³-hybridized carbons (Fsp3) is 0.294. The smallest absolute Gasteiger partial charge is 0.223 e. The highest BCUT2D eigenvalue weighted by Crippen LogP contribution is 2.36. The summed E-state index contributed by atoms with van der Waals surface area (Å²) in [5.74, 6) is 0.302. The standard InChI is InChI=1S/C17H17N5O/c1-22-16(23)7-13(17(22)12-3-2-6-19-9-12)10-20-15-5-4-14(8-18)21-11-15/h2-6,9,11,13,17,20H,7,10H2,1H3/t13-,17-/m0/s1. The molecule has 0 bridgehead atoms. The van der Waals surface area contributed by atoms with Crippen molar-refractivity contribution in [2.75, 3.05) is 18.9 Å². The Balaban J connectivity index is 1.72. The second kappa shape index (κ2) is 6.44. The second-order valence-electron chi connectivity index (χ2n) is 5.62. The van der Waals surface area contributed by atoms with E-state index in [1.165, 1.54) is 0 Å². The number of carbonyl (C=O) groups excluding carboxylic acids is 1. The number of rotatable bonds is 4. The third-order valence-electron chi connectivity index (χ3n) is 4.17. The number of nitrogens with zero attached hydrogens (tertiary/aromatic N) is 4. The zero-order chi connectivity index (χ0) is 16.2. The van der Waals surface area contributed by atoms with Crippen LogP contribution in [0, 0.1) is 17.2 Å². The summed E-state index contributed by atoms with van der Waals surface area (Å²) < 4.78 is 0. The van der Waals surface area contributed by atoms with Crippen LogP contribution < -0.4 is 5.32 Å².